The zero-order valence-corrected chi connectivity index (χ0v) is 13.6. The van der Waals surface area contributed by atoms with Crippen molar-refractivity contribution in [2.45, 2.75) is 51.9 Å². The van der Waals surface area contributed by atoms with Gasteiger partial charge >= 0.3 is 0 Å². The number of carbonyl (C=O) groups excluding carboxylic acids is 1. The van der Waals surface area contributed by atoms with E-state index in [0.717, 1.165) is 13.0 Å². The quantitative estimate of drug-likeness (QED) is 0.455. The number of hydrogen-bond donors (Lipinski definition) is 0. The van der Waals surface area contributed by atoms with Gasteiger partial charge in [0.15, 0.2) is 0 Å². The van der Waals surface area contributed by atoms with Crippen LogP contribution in [0.3, 0.4) is 0 Å². The van der Waals surface area contributed by atoms with Crippen LogP contribution >= 0.6 is 0 Å². The highest BCUT2D eigenvalue weighted by atomic mass is 16.2. The SMILES string of the molecule is CC(=O)N(C)CC=CCCCCCCCc1ccccc1. The Balaban J connectivity index is 1.91. The van der Waals surface area contributed by atoms with E-state index in [-0.39, 0.29) is 5.91 Å². The van der Waals surface area contributed by atoms with Gasteiger partial charge in [0.1, 0.15) is 0 Å². The Labute approximate surface area is 129 Å². The Morgan fingerprint density at radius 1 is 1.00 bits per heavy atom. The smallest absolute Gasteiger partial charge is 0.219 e. The van der Waals surface area contributed by atoms with Gasteiger partial charge in [-0.2, -0.15) is 0 Å². The van der Waals surface area contributed by atoms with E-state index in [9.17, 15) is 4.79 Å². The molecule has 2 nitrogen and oxygen atoms in total. The first-order valence-electron chi connectivity index (χ1n) is 8.11. The molecule has 1 amide bonds. The van der Waals surface area contributed by atoms with Crippen LogP contribution in [-0.4, -0.2) is 24.4 Å². The fourth-order valence-corrected chi connectivity index (χ4v) is 2.25. The maximum absolute atomic E-state index is 11.0. The lowest BCUT2D eigenvalue weighted by atomic mass is 10.0. The van der Waals surface area contributed by atoms with E-state index in [2.05, 4.69) is 42.5 Å². The summed E-state index contributed by atoms with van der Waals surface area (Å²) in [5.41, 5.74) is 1.45. The summed E-state index contributed by atoms with van der Waals surface area (Å²) in [6, 6.07) is 10.7. The zero-order valence-electron chi connectivity index (χ0n) is 13.6. The topological polar surface area (TPSA) is 20.3 Å². The highest BCUT2D eigenvalue weighted by Crippen LogP contribution is 2.09. The summed E-state index contributed by atoms with van der Waals surface area (Å²) in [6.45, 7) is 2.33. The predicted molar refractivity (Wildman–Crippen MR) is 90.3 cm³/mol. The number of amides is 1. The van der Waals surface area contributed by atoms with Gasteiger partial charge in [-0.15, -0.1) is 0 Å². The number of nitrogens with zero attached hydrogens (tertiary/aromatic N) is 1. The van der Waals surface area contributed by atoms with Crippen LogP contribution in [-0.2, 0) is 11.2 Å². The molecule has 0 aliphatic carbocycles. The third-order valence-electron chi connectivity index (χ3n) is 3.76. The summed E-state index contributed by atoms with van der Waals surface area (Å²) in [7, 11) is 1.83. The molecule has 0 radical (unpaired) electrons. The second kappa shape index (κ2) is 11.1. The lowest BCUT2D eigenvalue weighted by Gasteiger charge is -2.10. The first-order chi connectivity index (χ1) is 10.2. The van der Waals surface area contributed by atoms with E-state index < -0.39 is 0 Å². The number of aryl methyl sites for hydroxylation is 1. The van der Waals surface area contributed by atoms with Crippen LogP contribution < -0.4 is 0 Å². The van der Waals surface area contributed by atoms with Gasteiger partial charge in [-0.3, -0.25) is 4.79 Å². The first-order valence-corrected chi connectivity index (χ1v) is 8.11. The highest BCUT2D eigenvalue weighted by Gasteiger charge is 1.97. The fourth-order valence-electron chi connectivity index (χ4n) is 2.25. The van der Waals surface area contributed by atoms with Crippen molar-refractivity contribution < 1.29 is 4.79 Å². The second-order valence-corrected chi connectivity index (χ2v) is 5.66. The molecular formula is C19H29NO. The van der Waals surface area contributed by atoms with Crippen molar-refractivity contribution in [1.82, 2.24) is 4.90 Å². The van der Waals surface area contributed by atoms with E-state index >= 15 is 0 Å². The van der Waals surface area contributed by atoms with Gasteiger partial charge in [-0.25, -0.2) is 0 Å². The van der Waals surface area contributed by atoms with Crippen LogP contribution in [0.15, 0.2) is 42.5 Å². The number of benzene rings is 1. The summed E-state index contributed by atoms with van der Waals surface area (Å²) >= 11 is 0. The average Bonchev–Trinajstić information content (AvgIpc) is 2.49. The molecule has 0 aromatic heterocycles. The standard InChI is InChI=1S/C19H29NO/c1-18(21)20(2)17-13-8-6-4-3-5-7-10-14-19-15-11-9-12-16-19/h8-9,11-13,15-16H,3-7,10,14,17H2,1-2H3. The normalized spacial score (nSPS) is 11.0. The third kappa shape index (κ3) is 9.06. The molecule has 116 valence electrons. The van der Waals surface area contributed by atoms with Crippen molar-refractivity contribution in [3.63, 3.8) is 0 Å². The maximum Gasteiger partial charge on any atom is 0.219 e. The van der Waals surface area contributed by atoms with E-state index in [1.807, 2.05) is 7.05 Å². The Morgan fingerprint density at radius 3 is 2.38 bits per heavy atom. The molecule has 0 heterocycles. The lowest BCUT2D eigenvalue weighted by molar-refractivity contribution is -0.127. The van der Waals surface area contributed by atoms with Crippen LogP contribution in [0.5, 0.6) is 0 Å². The number of carbonyl (C=O) groups is 1. The Kier molecular flexibility index (Phi) is 9.26. The van der Waals surface area contributed by atoms with Crippen molar-refractivity contribution in [3.05, 3.63) is 48.0 Å². The molecule has 0 bridgehead atoms. The van der Waals surface area contributed by atoms with Crippen molar-refractivity contribution in [1.29, 1.82) is 0 Å². The van der Waals surface area contributed by atoms with Gasteiger partial charge in [0, 0.05) is 20.5 Å². The van der Waals surface area contributed by atoms with Crippen molar-refractivity contribution >= 4 is 5.91 Å². The maximum atomic E-state index is 11.0. The Bertz CT molecular complexity index is 411. The van der Waals surface area contributed by atoms with Crippen LogP contribution in [0.2, 0.25) is 0 Å². The van der Waals surface area contributed by atoms with Crippen LogP contribution in [0.4, 0.5) is 0 Å². The molecule has 0 saturated carbocycles. The minimum Gasteiger partial charge on any atom is -0.342 e. The van der Waals surface area contributed by atoms with Gasteiger partial charge in [0.05, 0.1) is 0 Å². The molecule has 0 N–H and O–H groups in total. The minimum atomic E-state index is 0.123. The molecular weight excluding hydrogens is 258 g/mol. The molecule has 0 saturated heterocycles. The zero-order chi connectivity index (χ0) is 15.3. The molecule has 0 unspecified atom stereocenters. The summed E-state index contributed by atoms with van der Waals surface area (Å²) in [4.78, 5) is 12.7. The summed E-state index contributed by atoms with van der Waals surface area (Å²) < 4.78 is 0. The molecule has 0 atom stereocenters. The predicted octanol–water partition coefficient (Wildman–Crippen LogP) is 4.60. The fraction of sp³-hybridized carbons (Fsp3) is 0.526. The molecule has 0 aliphatic rings. The van der Waals surface area contributed by atoms with Crippen LogP contribution in [0.25, 0.3) is 0 Å². The summed E-state index contributed by atoms with van der Waals surface area (Å²) in [6.07, 6.45) is 13.1. The van der Waals surface area contributed by atoms with Gasteiger partial charge in [-0.1, -0.05) is 61.7 Å². The molecule has 2 heteroatoms. The number of rotatable bonds is 10. The molecule has 1 aromatic carbocycles. The lowest BCUT2D eigenvalue weighted by Crippen LogP contribution is -2.23. The number of unbranched alkanes of at least 4 members (excludes halogenated alkanes) is 5. The van der Waals surface area contributed by atoms with Crippen molar-refractivity contribution in [2.24, 2.45) is 0 Å². The molecule has 1 rings (SSSR count). The van der Waals surface area contributed by atoms with Crippen LogP contribution in [0.1, 0.15) is 51.0 Å². The van der Waals surface area contributed by atoms with Gasteiger partial charge in [-0.05, 0) is 31.2 Å². The minimum absolute atomic E-state index is 0.123. The van der Waals surface area contributed by atoms with Crippen LogP contribution in [0, 0.1) is 0 Å². The van der Waals surface area contributed by atoms with Crippen molar-refractivity contribution in [3.8, 4) is 0 Å². The highest BCUT2D eigenvalue weighted by molar-refractivity contribution is 5.72. The summed E-state index contributed by atoms with van der Waals surface area (Å²) in [5.74, 6) is 0.123. The number of hydrogen-bond acceptors (Lipinski definition) is 1. The van der Waals surface area contributed by atoms with Gasteiger partial charge in [0.25, 0.3) is 0 Å². The van der Waals surface area contributed by atoms with E-state index in [1.54, 1.807) is 11.8 Å². The summed E-state index contributed by atoms with van der Waals surface area (Å²) in [5, 5.41) is 0. The first kappa shape index (κ1) is 17.5. The average molecular weight is 287 g/mol. The largest absolute Gasteiger partial charge is 0.342 e. The Morgan fingerprint density at radius 2 is 1.67 bits per heavy atom. The number of allylic oxidation sites excluding steroid dienone is 1. The van der Waals surface area contributed by atoms with Gasteiger partial charge < -0.3 is 4.90 Å². The van der Waals surface area contributed by atoms with Gasteiger partial charge in [0.2, 0.25) is 5.91 Å². The molecule has 0 aliphatic heterocycles. The van der Waals surface area contributed by atoms with E-state index in [0.29, 0.717) is 0 Å². The second-order valence-electron chi connectivity index (χ2n) is 5.66. The Hall–Kier alpha value is -1.57. The molecule has 21 heavy (non-hydrogen) atoms. The third-order valence-corrected chi connectivity index (χ3v) is 3.76. The molecule has 0 spiro atoms. The van der Waals surface area contributed by atoms with E-state index in [4.69, 9.17) is 0 Å². The monoisotopic (exact) mass is 287 g/mol. The van der Waals surface area contributed by atoms with E-state index in [1.165, 1.54) is 44.1 Å². The molecule has 1 aromatic rings. The van der Waals surface area contributed by atoms with Crippen molar-refractivity contribution in [2.75, 3.05) is 13.6 Å². The molecule has 0 fully saturated rings. The number of likely N-dealkylation sites (N-methyl/N-ethyl adjacent to an activating group) is 1.